The monoisotopic (exact) mass is 450 g/mol. The van der Waals surface area contributed by atoms with Gasteiger partial charge in [0.15, 0.2) is 0 Å². The minimum atomic E-state index is -0.296. The lowest BCUT2D eigenvalue weighted by Crippen LogP contribution is -2.45. The van der Waals surface area contributed by atoms with Gasteiger partial charge in [0.05, 0.1) is 0 Å². The molecule has 33 heavy (non-hydrogen) atoms. The van der Waals surface area contributed by atoms with E-state index in [1.807, 2.05) is 0 Å². The predicted octanol–water partition coefficient (Wildman–Crippen LogP) is 6.28. The Bertz CT molecular complexity index is 919. The van der Waals surface area contributed by atoms with Gasteiger partial charge in [-0.1, -0.05) is 57.4 Å². The minimum Gasteiger partial charge on any atom is -0.335 e. The number of hydrogen-bond acceptors (Lipinski definition) is 2. The summed E-state index contributed by atoms with van der Waals surface area (Å²) in [4.78, 5) is 18.4. The van der Waals surface area contributed by atoms with Crippen molar-refractivity contribution in [2.45, 2.75) is 64.8 Å². The number of amides is 1. The van der Waals surface area contributed by atoms with Crippen LogP contribution in [-0.2, 0) is 0 Å². The van der Waals surface area contributed by atoms with Crippen LogP contribution in [0.15, 0.2) is 48.5 Å². The van der Waals surface area contributed by atoms with Gasteiger partial charge in [-0.25, -0.2) is 4.39 Å². The number of hydrogen-bond donors (Lipinski definition) is 0. The lowest BCUT2D eigenvalue weighted by atomic mass is 9.85. The second kappa shape index (κ2) is 10.8. The van der Waals surface area contributed by atoms with E-state index >= 15 is 0 Å². The van der Waals surface area contributed by atoms with Crippen molar-refractivity contribution in [1.82, 2.24) is 9.80 Å². The normalized spacial score (nSPS) is 22.1. The highest BCUT2D eigenvalue weighted by atomic mass is 19.1. The fourth-order valence-corrected chi connectivity index (χ4v) is 5.97. The summed E-state index contributed by atoms with van der Waals surface area (Å²) in [6.07, 6.45) is 5.77. The summed E-state index contributed by atoms with van der Waals surface area (Å²) in [5.74, 6) is 1.22. The standard InChI is InChI=1S/C29H39FN2O/c1-21(2)17-31-18-24(28(20-31)27-12-8-7-9-22(27)3)19-32(26-10-5-4-6-11-26)29(33)23-13-15-25(30)16-14-23/h7-9,12-16,21,24,26,28H,4-6,10-11,17-20H2,1-3H3/t24-,28+/m0/s1. The summed E-state index contributed by atoms with van der Waals surface area (Å²) in [6.45, 7) is 10.7. The quantitative estimate of drug-likeness (QED) is 0.496. The van der Waals surface area contributed by atoms with E-state index in [4.69, 9.17) is 0 Å². The van der Waals surface area contributed by atoms with Crippen molar-refractivity contribution in [3.8, 4) is 0 Å². The van der Waals surface area contributed by atoms with Crippen LogP contribution in [0.25, 0.3) is 0 Å². The van der Waals surface area contributed by atoms with Crippen LogP contribution in [0, 0.1) is 24.6 Å². The van der Waals surface area contributed by atoms with E-state index in [-0.39, 0.29) is 17.8 Å². The number of carbonyl (C=O) groups excluding carboxylic acids is 1. The molecule has 178 valence electrons. The van der Waals surface area contributed by atoms with Crippen molar-refractivity contribution in [3.05, 3.63) is 71.0 Å². The van der Waals surface area contributed by atoms with Crippen molar-refractivity contribution in [2.75, 3.05) is 26.2 Å². The molecule has 0 spiro atoms. The molecule has 0 N–H and O–H groups in total. The van der Waals surface area contributed by atoms with Gasteiger partial charge >= 0.3 is 0 Å². The van der Waals surface area contributed by atoms with Gasteiger partial charge in [0.2, 0.25) is 0 Å². The number of halogens is 1. The molecule has 0 aromatic heterocycles. The molecule has 4 heteroatoms. The average Bonchev–Trinajstić information content (AvgIpc) is 3.19. The topological polar surface area (TPSA) is 23.6 Å². The molecule has 1 heterocycles. The highest BCUT2D eigenvalue weighted by Crippen LogP contribution is 2.37. The summed E-state index contributed by atoms with van der Waals surface area (Å²) < 4.78 is 13.5. The number of nitrogens with zero attached hydrogens (tertiary/aromatic N) is 2. The van der Waals surface area contributed by atoms with E-state index in [1.54, 1.807) is 12.1 Å². The Labute approximate surface area is 199 Å². The number of aryl methyl sites for hydroxylation is 1. The highest BCUT2D eigenvalue weighted by Gasteiger charge is 2.38. The van der Waals surface area contributed by atoms with E-state index in [0.717, 1.165) is 39.0 Å². The summed E-state index contributed by atoms with van der Waals surface area (Å²) >= 11 is 0. The molecule has 2 atom stereocenters. The first-order valence-electron chi connectivity index (χ1n) is 12.8. The summed E-state index contributed by atoms with van der Waals surface area (Å²) in [5, 5.41) is 0. The van der Waals surface area contributed by atoms with Crippen LogP contribution in [0.5, 0.6) is 0 Å². The van der Waals surface area contributed by atoms with Crippen LogP contribution in [0.4, 0.5) is 4.39 Å². The maximum atomic E-state index is 13.7. The lowest BCUT2D eigenvalue weighted by Gasteiger charge is -2.37. The van der Waals surface area contributed by atoms with Crippen LogP contribution in [0.1, 0.15) is 73.4 Å². The first-order chi connectivity index (χ1) is 15.9. The van der Waals surface area contributed by atoms with E-state index in [0.29, 0.717) is 23.3 Å². The molecule has 2 aliphatic rings. The van der Waals surface area contributed by atoms with E-state index in [2.05, 4.69) is 54.8 Å². The second-order valence-corrected chi connectivity index (χ2v) is 10.6. The number of benzene rings is 2. The van der Waals surface area contributed by atoms with Gasteiger partial charge < -0.3 is 9.80 Å². The third-order valence-electron chi connectivity index (χ3n) is 7.53. The van der Waals surface area contributed by atoms with Crippen molar-refractivity contribution < 1.29 is 9.18 Å². The Balaban J connectivity index is 1.62. The SMILES string of the molecule is Cc1ccccc1[C@@H]1CN(CC(C)C)C[C@H]1CN(C(=O)c1ccc(F)cc1)C1CCCCC1. The maximum Gasteiger partial charge on any atom is 0.254 e. The number of rotatable bonds is 7. The highest BCUT2D eigenvalue weighted by molar-refractivity contribution is 5.94. The lowest BCUT2D eigenvalue weighted by molar-refractivity contribution is 0.0587. The van der Waals surface area contributed by atoms with Crippen LogP contribution in [-0.4, -0.2) is 47.9 Å². The largest absolute Gasteiger partial charge is 0.335 e. The zero-order valence-corrected chi connectivity index (χ0v) is 20.5. The molecule has 1 aliphatic carbocycles. The van der Waals surface area contributed by atoms with Gasteiger partial charge in [0.1, 0.15) is 5.82 Å². The maximum absolute atomic E-state index is 13.7. The van der Waals surface area contributed by atoms with Crippen LogP contribution >= 0.6 is 0 Å². The van der Waals surface area contributed by atoms with Crippen molar-refractivity contribution >= 4 is 5.91 Å². The fourth-order valence-electron chi connectivity index (χ4n) is 5.97. The second-order valence-electron chi connectivity index (χ2n) is 10.6. The van der Waals surface area contributed by atoms with Gasteiger partial charge in [0.25, 0.3) is 5.91 Å². The third kappa shape index (κ3) is 5.84. The minimum absolute atomic E-state index is 0.0627. The fraction of sp³-hybridized carbons (Fsp3) is 0.552. The molecule has 4 rings (SSSR count). The molecule has 1 saturated carbocycles. The van der Waals surface area contributed by atoms with E-state index < -0.39 is 0 Å². The van der Waals surface area contributed by atoms with Crippen LogP contribution < -0.4 is 0 Å². The summed E-state index contributed by atoms with van der Waals surface area (Å²) in [6, 6.07) is 15.1. The van der Waals surface area contributed by atoms with Gasteiger partial charge in [-0.05, 0) is 67.0 Å². The molecule has 0 radical (unpaired) electrons. The molecular weight excluding hydrogens is 411 g/mol. The van der Waals surface area contributed by atoms with Gasteiger partial charge in [0, 0.05) is 43.7 Å². The molecule has 2 fully saturated rings. The van der Waals surface area contributed by atoms with E-state index in [1.165, 1.54) is 42.5 Å². The smallest absolute Gasteiger partial charge is 0.254 e. The molecule has 0 unspecified atom stereocenters. The molecule has 2 aromatic carbocycles. The average molecular weight is 451 g/mol. The summed E-state index contributed by atoms with van der Waals surface area (Å²) in [5.41, 5.74) is 3.37. The molecular formula is C29H39FN2O. The molecule has 1 aliphatic heterocycles. The molecule has 2 aromatic rings. The molecule has 3 nitrogen and oxygen atoms in total. The van der Waals surface area contributed by atoms with Gasteiger partial charge in [-0.15, -0.1) is 0 Å². The first-order valence-corrected chi connectivity index (χ1v) is 12.8. The zero-order valence-electron chi connectivity index (χ0n) is 20.5. The van der Waals surface area contributed by atoms with Crippen molar-refractivity contribution in [2.24, 2.45) is 11.8 Å². The Morgan fingerprint density at radius 2 is 1.73 bits per heavy atom. The first kappa shape index (κ1) is 23.9. The molecule has 0 bridgehead atoms. The summed E-state index contributed by atoms with van der Waals surface area (Å²) in [7, 11) is 0. The number of carbonyl (C=O) groups is 1. The Kier molecular flexibility index (Phi) is 7.85. The Hall–Kier alpha value is -2.20. The third-order valence-corrected chi connectivity index (χ3v) is 7.53. The van der Waals surface area contributed by atoms with Crippen molar-refractivity contribution in [1.29, 1.82) is 0 Å². The van der Waals surface area contributed by atoms with E-state index in [9.17, 15) is 9.18 Å². The van der Waals surface area contributed by atoms with Crippen molar-refractivity contribution in [3.63, 3.8) is 0 Å². The zero-order chi connectivity index (χ0) is 23.4. The number of likely N-dealkylation sites (tertiary alicyclic amines) is 1. The Morgan fingerprint density at radius 3 is 2.39 bits per heavy atom. The predicted molar refractivity (Wildman–Crippen MR) is 133 cm³/mol. The van der Waals surface area contributed by atoms with Crippen LogP contribution in [0.2, 0.25) is 0 Å². The Morgan fingerprint density at radius 1 is 1.03 bits per heavy atom. The van der Waals surface area contributed by atoms with Crippen LogP contribution in [0.3, 0.4) is 0 Å². The van der Waals surface area contributed by atoms with Gasteiger partial charge in [-0.3, -0.25) is 4.79 Å². The molecule has 1 saturated heterocycles. The molecule has 1 amide bonds. The van der Waals surface area contributed by atoms with Gasteiger partial charge in [-0.2, -0.15) is 0 Å².